The number of hydrogen-bond acceptors (Lipinski definition) is 5. The molecule has 0 atom stereocenters. The molecule has 0 radical (unpaired) electrons. The lowest BCUT2D eigenvalue weighted by molar-refractivity contribution is -0.116. The average Bonchev–Trinajstić information content (AvgIpc) is 2.36. The fourth-order valence-electron chi connectivity index (χ4n) is 1.52. The highest BCUT2D eigenvalue weighted by molar-refractivity contribution is 5.96. The minimum atomic E-state index is -0.0706. The van der Waals surface area contributed by atoms with Crippen LogP contribution in [0.25, 0.3) is 0 Å². The highest BCUT2D eigenvalue weighted by atomic mass is 16.5. The molecule has 2 N–H and O–H groups in total. The number of carbonyl (C=O) groups is 1. The molecule has 1 aromatic heterocycles. The van der Waals surface area contributed by atoms with Crippen LogP contribution in [0.4, 0.5) is 11.4 Å². The number of amides is 1. The second-order valence-electron chi connectivity index (χ2n) is 4.01. The molecule has 0 aliphatic heterocycles. The molecule has 0 saturated heterocycles. The molecule has 0 aliphatic carbocycles. The average molecular weight is 252 g/mol. The fraction of sp³-hybridized carbons (Fsp3) is 0.500. The van der Waals surface area contributed by atoms with Gasteiger partial charge in [0.15, 0.2) is 0 Å². The first-order valence-corrected chi connectivity index (χ1v) is 5.75. The van der Waals surface area contributed by atoms with Gasteiger partial charge >= 0.3 is 0 Å². The van der Waals surface area contributed by atoms with E-state index in [1.54, 1.807) is 6.20 Å². The van der Waals surface area contributed by atoms with Crippen LogP contribution in [-0.2, 0) is 4.79 Å². The van der Waals surface area contributed by atoms with Gasteiger partial charge in [0.05, 0.1) is 12.8 Å². The maximum absolute atomic E-state index is 11.8. The first kappa shape index (κ1) is 14.2. The molecule has 0 bridgehead atoms. The Morgan fingerprint density at radius 1 is 1.50 bits per heavy atom. The van der Waals surface area contributed by atoms with Crippen LogP contribution < -0.4 is 20.3 Å². The lowest BCUT2D eigenvalue weighted by Crippen LogP contribution is -2.21. The first-order chi connectivity index (χ1) is 8.60. The number of anilines is 2. The van der Waals surface area contributed by atoms with E-state index in [1.807, 2.05) is 32.1 Å². The lowest BCUT2D eigenvalue weighted by Gasteiger charge is -2.19. The summed E-state index contributed by atoms with van der Waals surface area (Å²) >= 11 is 0. The van der Waals surface area contributed by atoms with E-state index >= 15 is 0 Å². The molecule has 0 saturated carbocycles. The Kier molecular flexibility index (Phi) is 5.38. The predicted octanol–water partition coefficient (Wildman–Crippen LogP) is 0.704. The van der Waals surface area contributed by atoms with E-state index in [4.69, 9.17) is 4.74 Å². The summed E-state index contributed by atoms with van der Waals surface area (Å²) in [7, 11) is 7.14. The van der Waals surface area contributed by atoms with Crippen LogP contribution in [-0.4, -0.2) is 45.7 Å². The molecule has 1 amide bonds. The van der Waals surface area contributed by atoms with Gasteiger partial charge in [0.25, 0.3) is 0 Å². The molecule has 1 rings (SSSR count). The van der Waals surface area contributed by atoms with Crippen molar-refractivity contribution < 1.29 is 9.53 Å². The Hall–Kier alpha value is -1.82. The highest BCUT2D eigenvalue weighted by Gasteiger charge is 2.14. The van der Waals surface area contributed by atoms with Gasteiger partial charge in [-0.1, -0.05) is 0 Å². The second kappa shape index (κ2) is 6.80. The number of aromatic nitrogens is 1. The number of rotatable bonds is 6. The smallest absolute Gasteiger partial charge is 0.239 e. The van der Waals surface area contributed by atoms with Gasteiger partial charge in [-0.05, 0) is 13.1 Å². The number of nitrogens with zero attached hydrogens (tertiary/aromatic N) is 2. The van der Waals surface area contributed by atoms with Crippen LogP contribution in [0.1, 0.15) is 6.42 Å². The highest BCUT2D eigenvalue weighted by Crippen LogP contribution is 2.31. The molecular formula is C12H20N4O2. The van der Waals surface area contributed by atoms with E-state index in [9.17, 15) is 4.79 Å². The van der Waals surface area contributed by atoms with Crippen molar-refractivity contribution in [2.45, 2.75) is 6.42 Å². The van der Waals surface area contributed by atoms with Gasteiger partial charge in [-0.3, -0.25) is 4.79 Å². The zero-order valence-electron chi connectivity index (χ0n) is 11.3. The van der Waals surface area contributed by atoms with Gasteiger partial charge in [-0.25, -0.2) is 4.98 Å². The third-order valence-corrected chi connectivity index (χ3v) is 2.44. The molecule has 0 aromatic carbocycles. The molecule has 1 heterocycles. The van der Waals surface area contributed by atoms with Crippen LogP contribution in [0.3, 0.4) is 0 Å². The number of methoxy groups -OCH3 is 1. The second-order valence-corrected chi connectivity index (χ2v) is 4.01. The summed E-state index contributed by atoms with van der Waals surface area (Å²) in [5.74, 6) is 0.345. The van der Waals surface area contributed by atoms with E-state index in [1.165, 1.54) is 7.11 Å². The zero-order valence-corrected chi connectivity index (χ0v) is 11.3. The maximum atomic E-state index is 11.8. The van der Waals surface area contributed by atoms with Gasteiger partial charge in [0.1, 0.15) is 5.69 Å². The fourth-order valence-corrected chi connectivity index (χ4v) is 1.52. The first-order valence-electron chi connectivity index (χ1n) is 5.75. The molecule has 0 spiro atoms. The molecule has 0 fully saturated rings. The van der Waals surface area contributed by atoms with Crippen molar-refractivity contribution in [1.82, 2.24) is 10.3 Å². The van der Waals surface area contributed by atoms with E-state index in [2.05, 4.69) is 15.6 Å². The van der Waals surface area contributed by atoms with Crippen molar-refractivity contribution >= 4 is 17.3 Å². The summed E-state index contributed by atoms with van der Waals surface area (Å²) in [4.78, 5) is 17.8. The molecule has 6 heteroatoms. The Balaban J connectivity index is 2.94. The van der Waals surface area contributed by atoms with Gasteiger partial charge < -0.3 is 20.3 Å². The molecule has 0 aliphatic rings. The zero-order chi connectivity index (χ0) is 13.5. The standard InChI is InChI=1S/C12H20N4O2/c1-13-7-6-10(17)15-11-9(16(2)3)5-8-14-12(11)18-4/h5,8,13H,6-7H2,1-4H3,(H,15,17). The monoisotopic (exact) mass is 252 g/mol. The van der Waals surface area contributed by atoms with E-state index < -0.39 is 0 Å². The summed E-state index contributed by atoms with van der Waals surface area (Å²) in [6, 6.07) is 1.83. The molecule has 18 heavy (non-hydrogen) atoms. The summed E-state index contributed by atoms with van der Waals surface area (Å²) in [5.41, 5.74) is 1.46. The minimum Gasteiger partial charge on any atom is -0.479 e. The summed E-state index contributed by atoms with van der Waals surface area (Å²) in [6.45, 7) is 0.631. The minimum absolute atomic E-state index is 0.0706. The van der Waals surface area contributed by atoms with Crippen molar-refractivity contribution in [3.63, 3.8) is 0 Å². The van der Waals surface area contributed by atoms with Gasteiger partial charge in [0.2, 0.25) is 11.8 Å². The molecule has 6 nitrogen and oxygen atoms in total. The van der Waals surface area contributed by atoms with E-state index in [0.717, 1.165) is 5.69 Å². The van der Waals surface area contributed by atoms with Crippen molar-refractivity contribution in [2.75, 3.05) is 45.0 Å². The van der Waals surface area contributed by atoms with Crippen molar-refractivity contribution in [1.29, 1.82) is 0 Å². The summed E-state index contributed by atoms with van der Waals surface area (Å²) in [5, 5.41) is 5.77. The third-order valence-electron chi connectivity index (χ3n) is 2.44. The van der Waals surface area contributed by atoms with E-state index in [-0.39, 0.29) is 5.91 Å². The van der Waals surface area contributed by atoms with Crippen LogP contribution in [0, 0.1) is 0 Å². The van der Waals surface area contributed by atoms with Gasteiger partial charge in [-0.15, -0.1) is 0 Å². The SMILES string of the molecule is CNCCC(=O)Nc1c(N(C)C)ccnc1OC. The Morgan fingerprint density at radius 3 is 2.78 bits per heavy atom. The van der Waals surface area contributed by atoms with Crippen LogP contribution in [0.15, 0.2) is 12.3 Å². The van der Waals surface area contributed by atoms with Crippen LogP contribution in [0.2, 0.25) is 0 Å². The third kappa shape index (κ3) is 3.59. The number of pyridine rings is 1. The molecular weight excluding hydrogens is 232 g/mol. The quantitative estimate of drug-likeness (QED) is 0.780. The summed E-state index contributed by atoms with van der Waals surface area (Å²) < 4.78 is 5.17. The van der Waals surface area contributed by atoms with E-state index in [0.29, 0.717) is 24.5 Å². The summed E-state index contributed by atoms with van der Waals surface area (Å²) in [6.07, 6.45) is 2.05. The van der Waals surface area contributed by atoms with Gasteiger partial charge in [-0.2, -0.15) is 0 Å². The van der Waals surface area contributed by atoms with Crippen LogP contribution in [0.5, 0.6) is 5.88 Å². The maximum Gasteiger partial charge on any atom is 0.239 e. The van der Waals surface area contributed by atoms with Crippen LogP contribution >= 0.6 is 0 Å². The molecule has 100 valence electrons. The normalized spacial score (nSPS) is 10.0. The number of hydrogen-bond donors (Lipinski definition) is 2. The van der Waals surface area contributed by atoms with Crippen molar-refractivity contribution in [3.8, 4) is 5.88 Å². The van der Waals surface area contributed by atoms with Crippen molar-refractivity contribution in [3.05, 3.63) is 12.3 Å². The lowest BCUT2D eigenvalue weighted by atomic mass is 10.3. The number of nitrogens with one attached hydrogen (secondary N) is 2. The molecule has 1 aromatic rings. The Bertz CT molecular complexity index is 407. The topological polar surface area (TPSA) is 66.5 Å². The Labute approximate surface area is 107 Å². The molecule has 0 unspecified atom stereocenters. The predicted molar refractivity (Wildman–Crippen MR) is 72.3 cm³/mol. The van der Waals surface area contributed by atoms with Crippen molar-refractivity contribution in [2.24, 2.45) is 0 Å². The Morgan fingerprint density at radius 2 is 2.22 bits per heavy atom. The number of ether oxygens (including phenoxy) is 1. The number of carbonyl (C=O) groups excluding carboxylic acids is 1. The largest absolute Gasteiger partial charge is 0.479 e. The van der Waals surface area contributed by atoms with Gasteiger partial charge in [0, 0.05) is 33.3 Å².